The molecule has 0 spiro atoms. The zero-order valence-electron chi connectivity index (χ0n) is 10.1. The van der Waals surface area contributed by atoms with Gasteiger partial charge in [-0.1, -0.05) is 0 Å². The maximum Gasteiger partial charge on any atom is 0.335 e. The van der Waals surface area contributed by atoms with Crippen LogP contribution in [0.2, 0.25) is 0 Å². The third-order valence-electron chi connectivity index (χ3n) is 2.91. The maximum absolute atomic E-state index is 11.7. The van der Waals surface area contributed by atoms with Crippen molar-refractivity contribution in [1.29, 1.82) is 0 Å². The Hall–Kier alpha value is -1.73. The van der Waals surface area contributed by atoms with E-state index in [0.29, 0.717) is 23.7 Å². The molecular formula is C12H12N2O4S. The molecule has 1 saturated heterocycles. The molecule has 0 unspecified atom stereocenters. The molecule has 0 amide bonds. The number of aromatic nitrogens is 2. The molecule has 100 valence electrons. The number of carbonyl (C=O) groups is 1. The minimum absolute atomic E-state index is 0.00231. The van der Waals surface area contributed by atoms with E-state index in [-0.39, 0.29) is 18.1 Å². The van der Waals surface area contributed by atoms with Crippen LogP contribution in [0.5, 0.6) is 0 Å². The van der Waals surface area contributed by atoms with Crippen LogP contribution >= 0.6 is 11.3 Å². The Labute approximate surface area is 112 Å². The summed E-state index contributed by atoms with van der Waals surface area (Å²) in [6.07, 6.45) is 2.77. The molecule has 7 heteroatoms. The molecule has 0 aromatic carbocycles. The molecule has 1 fully saturated rings. The minimum atomic E-state index is -0.466. The first-order chi connectivity index (χ1) is 9.24. The van der Waals surface area contributed by atoms with Gasteiger partial charge >= 0.3 is 5.97 Å². The zero-order valence-corrected chi connectivity index (χ0v) is 10.9. The SMILES string of the molecule is O=C(OCc1cc(=O)n2ccsc2n1)[C@H]1CCCO1. The molecule has 3 heterocycles. The van der Waals surface area contributed by atoms with Crippen LogP contribution in [0.1, 0.15) is 18.5 Å². The fourth-order valence-electron chi connectivity index (χ4n) is 1.96. The van der Waals surface area contributed by atoms with Crippen molar-refractivity contribution in [1.82, 2.24) is 9.38 Å². The van der Waals surface area contributed by atoms with E-state index < -0.39 is 6.10 Å². The molecule has 0 saturated carbocycles. The van der Waals surface area contributed by atoms with Gasteiger partial charge in [0.1, 0.15) is 6.61 Å². The van der Waals surface area contributed by atoms with Gasteiger partial charge in [0, 0.05) is 24.3 Å². The van der Waals surface area contributed by atoms with Gasteiger partial charge in [-0.05, 0) is 12.8 Å². The fourth-order valence-corrected chi connectivity index (χ4v) is 2.70. The summed E-state index contributed by atoms with van der Waals surface area (Å²) in [5.41, 5.74) is 0.285. The van der Waals surface area contributed by atoms with Crippen molar-refractivity contribution in [2.45, 2.75) is 25.6 Å². The van der Waals surface area contributed by atoms with Crippen molar-refractivity contribution in [3.63, 3.8) is 0 Å². The molecule has 2 aromatic heterocycles. The summed E-state index contributed by atoms with van der Waals surface area (Å²) < 4.78 is 11.8. The first-order valence-electron chi connectivity index (χ1n) is 5.98. The second-order valence-electron chi connectivity index (χ2n) is 4.25. The topological polar surface area (TPSA) is 69.9 Å². The van der Waals surface area contributed by atoms with Crippen LogP contribution in [0.4, 0.5) is 0 Å². The van der Waals surface area contributed by atoms with Crippen molar-refractivity contribution in [2.24, 2.45) is 0 Å². The molecule has 1 atom stereocenters. The molecule has 0 aliphatic carbocycles. The summed E-state index contributed by atoms with van der Waals surface area (Å²) in [6.45, 7) is 0.600. The molecule has 1 aliphatic rings. The molecule has 0 bridgehead atoms. The van der Waals surface area contributed by atoms with E-state index in [1.165, 1.54) is 21.8 Å². The summed E-state index contributed by atoms with van der Waals surface area (Å²) in [7, 11) is 0. The predicted molar refractivity (Wildman–Crippen MR) is 68.1 cm³/mol. The molecule has 19 heavy (non-hydrogen) atoms. The molecule has 0 N–H and O–H groups in total. The van der Waals surface area contributed by atoms with E-state index >= 15 is 0 Å². The molecule has 0 radical (unpaired) electrons. The highest BCUT2D eigenvalue weighted by Crippen LogP contribution is 2.14. The maximum atomic E-state index is 11.7. The van der Waals surface area contributed by atoms with Gasteiger partial charge in [0.2, 0.25) is 0 Å². The Morgan fingerprint density at radius 1 is 1.63 bits per heavy atom. The minimum Gasteiger partial charge on any atom is -0.457 e. The molecule has 6 nitrogen and oxygen atoms in total. The van der Waals surface area contributed by atoms with Crippen LogP contribution in [0.25, 0.3) is 4.96 Å². The van der Waals surface area contributed by atoms with Crippen LogP contribution < -0.4 is 5.56 Å². The van der Waals surface area contributed by atoms with E-state index in [1.807, 2.05) is 0 Å². The lowest BCUT2D eigenvalue weighted by molar-refractivity contribution is -0.155. The standard InChI is InChI=1S/C12H12N2O4S/c15-10-6-8(13-12-14(10)3-5-19-12)7-18-11(16)9-2-1-4-17-9/h3,5-6,9H,1-2,4,7H2/t9-/m1/s1. The lowest BCUT2D eigenvalue weighted by atomic mass is 10.2. The Morgan fingerprint density at radius 2 is 2.53 bits per heavy atom. The van der Waals surface area contributed by atoms with Crippen LogP contribution in [0.3, 0.4) is 0 Å². The van der Waals surface area contributed by atoms with Crippen molar-refractivity contribution in [3.05, 3.63) is 33.7 Å². The second kappa shape index (κ2) is 5.10. The first kappa shape index (κ1) is 12.3. The van der Waals surface area contributed by atoms with E-state index in [2.05, 4.69) is 4.98 Å². The summed E-state index contributed by atoms with van der Waals surface area (Å²) in [5, 5.41) is 1.78. The summed E-state index contributed by atoms with van der Waals surface area (Å²) in [6, 6.07) is 1.38. The van der Waals surface area contributed by atoms with Gasteiger partial charge in [-0.15, -0.1) is 11.3 Å². The normalized spacial score (nSPS) is 18.8. The number of rotatable bonds is 3. The second-order valence-corrected chi connectivity index (χ2v) is 5.12. The highest BCUT2D eigenvalue weighted by Gasteiger charge is 2.25. The van der Waals surface area contributed by atoms with Crippen molar-refractivity contribution in [3.8, 4) is 0 Å². The number of thiazole rings is 1. The molecular weight excluding hydrogens is 268 g/mol. The average Bonchev–Trinajstić information content (AvgIpc) is 3.06. The van der Waals surface area contributed by atoms with E-state index in [0.717, 1.165) is 6.42 Å². The number of carbonyl (C=O) groups excluding carboxylic acids is 1. The van der Waals surface area contributed by atoms with E-state index in [4.69, 9.17) is 9.47 Å². The zero-order chi connectivity index (χ0) is 13.2. The van der Waals surface area contributed by atoms with Gasteiger partial charge in [0.05, 0.1) is 5.69 Å². The van der Waals surface area contributed by atoms with Gasteiger partial charge < -0.3 is 9.47 Å². The largest absolute Gasteiger partial charge is 0.457 e. The smallest absolute Gasteiger partial charge is 0.335 e. The third kappa shape index (κ3) is 2.52. The Balaban J connectivity index is 1.71. The number of hydrogen-bond acceptors (Lipinski definition) is 6. The van der Waals surface area contributed by atoms with Gasteiger partial charge in [-0.2, -0.15) is 0 Å². The van der Waals surface area contributed by atoms with Crippen LogP contribution in [-0.4, -0.2) is 28.1 Å². The number of esters is 1. The lowest BCUT2D eigenvalue weighted by Gasteiger charge is -2.09. The third-order valence-corrected chi connectivity index (χ3v) is 3.67. The van der Waals surface area contributed by atoms with Gasteiger partial charge in [0.15, 0.2) is 11.1 Å². The van der Waals surface area contributed by atoms with Gasteiger partial charge in [-0.25, -0.2) is 9.78 Å². The van der Waals surface area contributed by atoms with Crippen molar-refractivity contribution < 1.29 is 14.3 Å². The number of hydrogen-bond donors (Lipinski definition) is 0. The number of nitrogens with zero attached hydrogens (tertiary/aromatic N) is 2. The number of fused-ring (bicyclic) bond motifs is 1. The lowest BCUT2D eigenvalue weighted by Crippen LogP contribution is -2.22. The van der Waals surface area contributed by atoms with Crippen LogP contribution in [0, 0.1) is 0 Å². The van der Waals surface area contributed by atoms with Gasteiger partial charge in [0.25, 0.3) is 5.56 Å². The summed E-state index contributed by atoms with van der Waals surface area (Å²) >= 11 is 1.36. The Morgan fingerprint density at radius 3 is 3.32 bits per heavy atom. The highest BCUT2D eigenvalue weighted by molar-refractivity contribution is 7.15. The quantitative estimate of drug-likeness (QED) is 0.784. The van der Waals surface area contributed by atoms with Crippen LogP contribution in [0.15, 0.2) is 22.4 Å². The summed E-state index contributed by atoms with van der Waals surface area (Å²) in [4.78, 5) is 28.2. The monoisotopic (exact) mass is 280 g/mol. The van der Waals surface area contributed by atoms with Crippen molar-refractivity contribution in [2.75, 3.05) is 6.61 Å². The Bertz CT molecular complexity index is 657. The average molecular weight is 280 g/mol. The van der Waals surface area contributed by atoms with E-state index in [1.54, 1.807) is 11.6 Å². The summed E-state index contributed by atoms with van der Waals surface area (Å²) in [5.74, 6) is -0.384. The van der Waals surface area contributed by atoms with Crippen molar-refractivity contribution >= 4 is 22.3 Å². The van der Waals surface area contributed by atoms with Crippen LogP contribution in [-0.2, 0) is 20.9 Å². The van der Waals surface area contributed by atoms with E-state index in [9.17, 15) is 9.59 Å². The fraction of sp³-hybridized carbons (Fsp3) is 0.417. The highest BCUT2D eigenvalue weighted by atomic mass is 32.1. The first-order valence-corrected chi connectivity index (χ1v) is 6.86. The van der Waals surface area contributed by atoms with Gasteiger partial charge in [-0.3, -0.25) is 9.20 Å². The molecule has 1 aliphatic heterocycles. The predicted octanol–water partition coefficient (Wildman–Crippen LogP) is 0.978. The molecule has 3 rings (SSSR count). The Kier molecular flexibility index (Phi) is 3.31. The number of ether oxygens (including phenoxy) is 2. The molecule has 2 aromatic rings.